The van der Waals surface area contributed by atoms with E-state index in [1.807, 2.05) is 0 Å². The lowest BCUT2D eigenvalue weighted by atomic mass is 10.0. The number of carbonyl (C=O) groups excluding carboxylic acids is 2. The van der Waals surface area contributed by atoms with Crippen molar-refractivity contribution in [2.24, 2.45) is 5.73 Å². The summed E-state index contributed by atoms with van der Waals surface area (Å²) in [5.41, 5.74) is 6.22. The van der Waals surface area contributed by atoms with Gasteiger partial charge in [0.15, 0.2) is 0 Å². The molecule has 1 amide bonds. The van der Waals surface area contributed by atoms with Crippen molar-refractivity contribution in [2.45, 2.75) is 24.9 Å². The number of amides is 1. The van der Waals surface area contributed by atoms with Crippen molar-refractivity contribution in [1.82, 2.24) is 5.32 Å². The van der Waals surface area contributed by atoms with Gasteiger partial charge in [-0.1, -0.05) is 12.1 Å². The fourth-order valence-electron chi connectivity index (χ4n) is 1.93. The summed E-state index contributed by atoms with van der Waals surface area (Å²) in [5.74, 6) is -1.97. The number of carboxylic acids is 1. The molecule has 0 radical (unpaired) electrons. The van der Waals surface area contributed by atoms with Crippen LogP contribution in [0.5, 0.6) is 5.75 Å². The summed E-state index contributed by atoms with van der Waals surface area (Å²) in [6.45, 7) is 0. The van der Waals surface area contributed by atoms with E-state index >= 15 is 0 Å². The summed E-state index contributed by atoms with van der Waals surface area (Å²) >= 11 is 0. The van der Waals surface area contributed by atoms with Gasteiger partial charge in [-0.25, -0.2) is 4.79 Å². The van der Waals surface area contributed by atoms with Crippen LogP contribution in [0.25, 0.3) is 0 Å². The van der Waals surface area contributed by atoms with Crippen LogP contribution in [0.1, 0.15) is 12.0 Å². The number of carbonyl (C=O) groups is 3. The molecule has 8 heteroatoms. The molecule has 0 aliphatic carbocycles. The van der Waals surface area contributed by atoms with Crippen LogP contribution in [0, 0.1) is 0 Å². The summed E-state index contributed by atoms with van der Waals surface area (Å²) in [6.07, 6.45) is -0.367. The van der Waals surface area contributed by atoms with Gasteiger partial charge in [-0.2, -0.15) is 0 Å². The first-order valence-corrected chi connectivity index (χ1v) is 6.86. The highest BCUT2D eigenvalue weighted by atomic mass is 16.5. The lowest BCUT2D eigenvalue weighted by Crippen LogP contribution is -2.50. The molecule has 0 heterocycles. The number of carboxylic acid groups (broad SMARTS) is 1. The van der Waals surface area contributed by atoms with Crippen LogP contribution >= 0.6 is 0 Å². The molecule has 1 unspecified atom stereocenters. The van der Waals surface area contributed by atoms with Crippen molar-refractivity contribution in [3.8, 4) is 5.75 Å². The van der Waals surface area contributed by atoms with E-state index in [0.29, 0.717) is 5.75 Å². The first-order valence-electron chi connectivity index (χ1n) is 6.86. The zero-order chi connectivity index (χ0) is 17.4. The Bertz CT molecular complexity index is 575. The molecule has 2 atom stereocenters. The summed E-state index contributed by atoms with van der Waals surface area (Å²) < 4.78 is 9.76. The summed E-state index contributed by atoms with van der Waals surface area (Å²) in [7, 11) is 2.72. The molecule has 0 aromatic heterocycles. The normalized spacial score (nSPS) is 12.8. The zero-order valence-corrected chi connectivity index (χ0v) is 12.9. The minimum atomic E-state index is -1.25. The Hall–Kier alpha value is -2.61. The summed E-state index contributed by atoms with van der Waals surface area (Å²) in [6, 6.07) is 4.77. The van der Waals surface area contributed by atoms with Crippen LogP contribution in [-0.2, 0) is 25.5 Å². The van der Waals surface area contributed by atoms with E-state index in [4.69, 9.17) is 15.6 Å². The Balaban J connectivity index is 2.82. The predicted molar refractivity (Wildman–Crippen MR) is 80.9 cm³/mol. The molecule has 0 bridgehead atoms. The number of aliphatic carboxylic acids is 1. The minimum absolute atomic E-state index is 0.162. The fourth-order valence-corrected chi connectivity index (χ4v) is 1.93. The minimum Gasteiger partial charge on any atom is -0.497 e. The average molecular weight is 324 g/mol. The highest BCUT2D eigenvalue weighted by Gasteiger charge is 2.25. The van der Waals surface area contributed by atoms with Crippen LogP contribution in [0.15, 0.2) is 24.3 Å². The van der Waals surface area contributed by atoms with Crippen molar-refractivity contribution < 1.29 is 29.0 Å². The molecule has 1 aromatic rings. The highest BCUT2D eigenvalue weighted by molar-refractivity contribution is 5.89. The van der Waals surface area contributed by atoms with Gasteiger partial charge in [0.1, 0.15) is 11.8 Å². The summed E-state index contributed by atoms with van der Waals surface area (Å²) in [4.78, 5) is 34.3. The van der Waals surface area contributed by atoms with Crippen molar-refractivity contribution in [3.63, 3.8) is 0 Å². The Morgan fingerprint density at radius 2 is 2.00 bits per heavy atom. The number of rotatable bonds is 8. The SMILES string of the molecule is COC(=O)C(Cc1cccc(OC)c1)NC(=O)[C@@H](N)CC(=O)O. The van der Waals surface area contributed by atoms with E-state index < -0.39 is 36.4 Å². The number of esters is 1. The molecule has 23 heavy (non-hydrogen) atoms. The molecule has 0 spiro atoms. The third-order valence-electron chi connectivity index (χ3n) is 3.11. The van der Waals surface area contributed by atoms with E-state index in [1.54, 1.807) is 24.3 Å². The second-order valence-electron chi connectivity index (χ2n) is 4.84. The lowest BCUT2D eigenvalue weighted by Gasteiger charge is -2.19. The standard InChI is InChI=1S/C15H20N2O6/c1-22-10-5-3-4-9(6-10)7-12(15(21)23-2)17-14(20)11(16)8-13(18)19/h3-6,11-12H,7-8,16H2,1-2H3,(H,17,20)(H,18,19)/t11-,12?/m0/s1. The molecule has 126 valence electrons. The monoisotopic (exact) mass is 324 g/mol. The number of hydrogen-bond acceptors (Lipinski definition) is 6. The lowest BCUT2D eigenvalue weighted by molar-refractivity contribution is -0.145. The predicted octanol–water partition coefficient (Wildman–Crippen LogP) is -0.302. The third kappa shape index (κ3) is 5.95. The van der Waals surface area contributed by atoms with Crippen LogP contribution < -0.4 is 15.8 Å². The topological polar surface area (TPSA) is 128 Å². The van der Waals surface area contributed by atoms with E-state index in [9.17, 15) is 14.4 Å². The van der Waals surface area contributed by atoms with E-state index in [1.165, 1.54) is 14.2 Å². The Labute approximate surface area is 133 Å². The Morgan fingerprint density at radius 3 is 2.57 bits per heavy atom. The van der Waals surface area contributed by atoms with Gasteiger partial charge in [0, 0.05) is 6.42 Å². The molecular formula is C15H20N2O6. The number of nitrogens with one attached hydrogen (secondary N) is 1. The van der Waals surface area contributed by atoms with Gasteiger partial charge in [-0.15, -0.1) is 0 Å². The molecule has 1 aromatic carbocycles. The van der Waals surface area contributed by atoms with Gasteiger partial charge in [0.2, 0.25) is 5.91 Å². The number of hydrogen-bond donors (Lipinski definition) is 3. The summed E-state index contributed by atoms with van der Waals surface area (Å²) in [5, 5.41) is 11.1. The fraction of sp³-hybridized carbons (Fsp3) is 0.400. The molecule has 0 aliphatic rings. The largest absolute Gasteiger partial charge is 0.497 e. The molecular weight excluding hydrogens is 304 g/mol. The average Bonchev–Trinajstić information content (AvgIpc) is 2.52. The maximum Gasteiger partial charge on any atom is 0.328 e. The highest BCUT2D eigenvalue weighted by Crippen LogP contribution is 2.14. The van der Waals surface area contributed by atoms with E-state index in [0.717, 1.165) is 5.56 Å². The molecule has 1 rings (SSSR count). The first-order chi connectivity index (χ1) is 10.9. The van der Waals surface area contributed by atoms with Crippen LogP contribution in [0.2, 0.25) is 0 Å². The zero-order valence-electron chi connectivity index (χ0n) is 12.9. The van der Waals surface area contributed by atoms with Gasteiger partial charge in [0.25, 0.3) is 0 Å². The molecule has 0 fully saturated rings. The van der Waals surface area contributed by atoms with E-state index in [2.05, 4.69) is 10.1 Å². The molecule has 0 saturated heterocycles. The van der Waals surface area contributed by atoms with Crippen LogP contribution in [0.4, 0.5) is 0 Å². The molecule has 0 aliphatic heterocycles. The number of methoxy groups -OCH3 is 2. The van der Waals surface area contributed by atoms with Gasteiger partial charge in [0.05, 0.1) is 26.7 Å². The molecule has 8 nitrogen and oxygen atoms in total. The van der Waals surface area contributed by atoms with Crippen molar-refractivity contribution >= 4 is 17.8 Å². The second-order valence-corrected chi connectivity index (χ2v) is 4.84. The maximum atomic E-state index is 11.9. The Kier molecular flexibility index (Phi) is 7.01. The second kappa shape index (κ2) is 8.74. The maximum absolute atomic E-state index is 11.9. The Morgan fingerprint density at radius 1 is 1.30 bits per heavy atom. The number of ether oxygens (including phenoxy) is 2. The van der Waals surface area contributed by atoms with Gasteiger partial charge < -0.3 is 25.6 Å². The third-order valence-corrected chi connectivity index (χ3v) is 3.11. The van der Waals surface area contributed by atoms with Crippen molar-refractivity contribution in [3.05, 3.63) is 29.8 Å². The quantitative estimate of drug-likeness (QED) is 0.560. The molecule has 0 saturated carbocycles. The van der Waals surface area contributed by atoms with Gasteiger partial charge >= 0.3 is 11.9 Å². The van der Waals surface area contributed by atoms with Gasteiger partial charge in [-0.3, -0.25) is 9.59 Å². The van der Waals surface area contributed by atoms with Crippen LogP contribution in [-0.4, -0.2) is 49.3 Å². The van der Waals surface area contributed by atoms with Crippen LogP contribution in [0.3, 0.4) is 0 Å². The number of benzene rings is 1. The number of nitrogens with two attached hydrogens (primary N) is 1. The molecule has 4 N–H and O–H groups in total. The smallest absolute Gasteiger partial charge is 0.328 e. The van der Waals surface area contributed by atoms with E-state index in [-0.39, 0.29) is 6.42 Å². The van der Waals surface area contributed by atoms with Crippen molar-refractivity contribution in [2.75, 3.05) is 14.2 Å². The van der Waals surface area contributed by atoms with Gasteiger partial charge in [-0.05, 0) is 17.7 Å². The first kappa shape index (κ1) is 18.4. The van der Waals surface area contributed by atoms with Crippen molar-refractivity contribution in [1.29, 1.82) is 0 Å².